The molecular formula is C14H12F4N2O. The van der Waals surface area contributed by atoms with E-state index in [0.29, 0.717) is 11.8 Å². The number of alkyl halides is 3. The molecule has 1 aliphatic carbocycles. The monoisotopic (exact) mass is 300 g/mol. The van der Waals surface area contributed by atoms with Crippen molar-refractivity contribution in [3.63, 3.8) is 0 Å². The summed E-state index contributed by atoms with van der Waals surface area (Å²) in [6.07, 6.45) is -1.20. The molecule has 112 valence electrons. The molecule has 2 aromatic rings. The molecule has 0 spiro atoms. The van der Waals surface area contributed by atoms with Crippen LogP contribution in [0.3, 0.4) is 0 Å². The molecule has 3 rings (SSSR count). The Morgan fingerprint density at radius 2 is 2.00 bits per heavy atom. The van der Waals surface area contributed by atoms with Crippen LogP contribution < -0.4 is 0 Å². The fourth-order valence-corrected chi connectivity index (χ4v) is 2.29. The quantitative estimate of drug-likeness (QED) is 0.882. The highest BCUT2D eigenvalue weighted by Crippen LogP contribution is 2.39. The SMILES string of the molecule is OC(c1ccc(F)c(C(F)(F)F)c1)c1cncn1C1CC1. The minimum atomic E-state index is -4.80. The van der Waals surface area contributed by atoms with Crippen molar-refractivity contribution >= 4 is 0 Å². The Kier molecular flexibility index (Phi) is 3.24. The number of halogens is 4. The van der Waals surface area contributed by atoms with E-state index in [2.05, 4.69) is 4.98 Å². The molecule has 1 fully saturated rings. The highest BCUT2D eigenvalue weighted by Gasteiger charge is 2.35. The van der Waals surface area contributed by atoms with Crippen LogP contribution in [0.15, 0.2) is 30.7 Å². The zero-order chi connectivity index (χ0) is 15.2. The number of hydrogen-bond donors (Lipinski definition) is 1. The fourth-order valence-electron chi connectivity index (χ4n) is 2.29. The summed E-state index contributed by atoms with van der Waals surface area (Å²) in [7, 11) is 0. The summed E-state index contributed by atoms with van der Waals surface area (Å²) in [4.78, 5) is 3.93. The van der Waals surface area contributed by atoms with E-state index < -0.39 is 23.7 Å². The molecule has 0 radical (unpaired) electrons. The summed E-state index contributed by atoms with van der Waals surface area (Å²) in [5, 5.41) is 10.3. The van der Waals surface area contributed by atoms with Crippen LogP contribution in [-0.4, -0.2) is 14.7 Å². The topological polar surface area (TPSA) is 38.1 Å². The van der Waals surface area contributed by atoms with Crippen LogP contribution in [0.25, 0.3) is 0 Å². The van der Waals surface area contributed by atoms with E-state index in [1.807, 2.05) is 0 Å². The third kappa shape index (κ3) is 2.65. The Bertz CT molecular complexity index is 661. The van der Waals surface area contributed by atoms with E-state index in [0.717, 1.165) is 25.0 Å². The lowest BCUT2D eigenvalue weighted by molar-refractivity contribution is -0.140. The number of aliphatic hydroxyl groups is 1. The van der Waals surface area contributed by atoms with Gasteiger partial charge in [-0.1, -0.05) is 6.07 Å². The van der Waals surface area contributed by atoms with E-state index >= 15 is 0 Å². The predicted octanol–water partition coefficient (Wildman–Crippen LogP) is 3.46. The Morgan fingerprint density at radius 1 is 1.29 bits per heavy atom. The molecule has 1 aliphatic rings. The van der Waals surface area contributed by atoms with Gasteiger partial charge in [0, 0.05) is 6.04 Å². The molecule has 21 heavy (non-hydrogen) atoms. The Balaban J connectivity index is 1.98. The zero-order valence-corrected chi connectivity index (χ0v) is 10.8. The summed E-state index contributed by atoms with van der Waals surface area (Å²) in [6.45, 7) is 0. The second-order valence-electron chi connectivity index (χ2n) is 5.10. The Hall–Kier alpha value is -1.89. The summed E-state index contributed by atoms with van der Waals surface area (Å²) >= 11 is 0. The van der Waals surface area contributed by atoms with E-state index in [4.69, 9.17) is 0 Å². The zero-order valence-electron chi connectivity index (χ0n) is 10.8. The third-order valence-electron chi connectivity index (χ3n) is 3.53. The van der Waals surface area contributed by atoms with Crippen LogP contribution in [0, 0.1) is 5.82 Å². The average Bonchev–Trinajstić information content (AvgIpc) is 3.14. The van der Waals surface area contributed by atoms with Crippen molar-refractivity contribution in [2.45, 2.75) is 31.2 Å². The summed E-state index contributed by atoms with van der Waals surface area (Å²) in [5.41, 5.74) is -0.972. The van der Waals surface area contributed by atoms with Crippen molar-refractivity contribution in [3.8, 4) is 0 Å². The normalized spacial score (nSPS) is 17.0. The van der Waals surface area contributed by atoms with Crippen molar-refractivity contribution in [1.82, 2.24) is 9.55 Å². The maximum absolute atomic E-state index is 13.3. The second kappa shape index (κ2) is 4.84. The number of benzene rings is 1. The molecule has 7 heteroatoms. The first-order valence-electron chi connectivity index (χ1n) is 6.44. The van der Waals surface area contributed by atoms with Crippen LogP contribution in [0.2, 0.25) is 0 Å². The lowest BCUT2D eigenvalue weighted by Gasteiger charge is -2.16. The molecule has 3 nitrogen and oxygen atoms in total. The van der Waals surface area contributed by atoms with Gasteiger partial charge in [-0.05, 0) is 30.5 Å². The molecule has 1 heterocycles. The van der Waals surface area contributed by atoms with Crippen LogP contribution in [0.5, 0.6) is 0 Å². The number of hydrogen-bond acceptors (Lipinski definition) is 2. The van der Waals surface area contributed by atoms with Crippen LogP contribution >= 0.6 is 0 Å². The number of aromatic nitrogens is 2. The standard InChI is InChI=1S/C14H12F4N2O/c15-11-4-1-8(5-10(11)14(16,17)18)13(21)12-6-19-7-20(12)9-2-3-9/h1,4-7,9,13,21H,2-3H2. The molecule has 0 aliphatic heterocycles. The lowest BCUT2D eigenvalue weighted by Crippen LogP contribution is -2.12. The first-order chi connectivity index (χ1) is 9.88. The van der Waals surface area contributed by atoms with Gasteiger partial charge >= 0.3 is 6.18 Å². The minimum absolute atomic E-state index is 0.00822. The van der Waals surface area contributed by atoms with E-state index in [1.54, 1.807) is 10.9 Å². The third-order valence-corrected chi connectivity index (χ3v) is 3.53. The van der Waals surface area contributed by atoms with Crippen molar-refractivity contribution in [1.29, 1.82) is 0 Å². The molecular weight excluding hydrogens is 288 g/mol. The molecule has 0 amide bonds. The molecule has 1 unspecified atom stereocenters. The van der Waals surface area contributed by atoms with Gasteiger partial charge in [0.2, 0.25) is 0 Å². The van der Waals surface area contributed by atoms with Crippen molar-refractivity contribution < 1.29 is 22.7 Å². The predicted molar refractivity (Wildman–Crippen MR) is 66.0 cm³/mol. The molecule has 0 bridgehead atoms. The molecule has 1 atom stereocenters. The van der Waals surface area contributed by atoms with Gasteiger partial charge in [0.1, 0.15) is 11.9 Å². The van der Waals surface area contributed by atoms with Gasteiger partial charge < -0.3 is 9.67 Å². The average molecular weight is 300 g/mol. The smallest absolute Gasteiger partial charge is 0.382 e. The number of nitrogens with zero attached hydrogens (tertiary/aromatic N) is 2. The largest absolute Gasteiger partial charge is 0.419 e. The summed E-state index contributed by atoms with van der Waals surface area (Å²) < 4.78 is 53.2. The first-order valence-corrected chi connectivity index (χ1v) is 6.44. The van der Waals surface area contributed by atoms with Crippen molar-refractivity contribution in [3.05, 3.63) is 53.4 Å². The minimum Gasteiger partial charge on any atom is -0.382 e. The van der Waals surface area contributed by atoms with Crippen LogP contribution in [0.1, 0.15) is 41.8 Å². The van der Waals surface area contributed by atoms with Gasteiger partial charge in [-0.2, -0.15) is 13.2 Å². The van der Waals surface area contributed by atoms with Crippen molar-refractivity contribution in [2.75, 3.05) is 0 Å². The molecule has 1 saturated carbocycles. The van der Waals surface area contributed by atoms with Gasteiger partial charge in [0.15, 0.2) is 0 Å². The first kappa shape index (κ1) is 14.1. The Labute approximate surface area is 117 Å². The Morgan fingerprint density at radius 3 is 2.62 bits per heavy atom. The van der Waals surface area contributed by atoms with Crippen LogP contribution in [-0.2, 0) is 6.18 Å². The highest BCUT2D eigenvalue weighted by molar-refractivity contribution is 5.32. The van der Waals surface area contributed by atoms with Crippen LogP contribution in [0.4, 0.5) is 17.6 Å². The van der Waals surface area contributed by atoms with Gasteiger partial charge in [-0.25, -0.2) is 9.37 Å². The maximum atomic E-state index is 13.3. The molecule has 1 aromatic carbocycles. The van der Waals surface area contributed by atoms with Gasteiger partial charge in [0.25, 0.3) is 0 Å². The number of rotatable bonds is 3. The van der Waals surface area contributed by atoms with Gasteiger partial charge in [-0.15, -0.1) is 0 Å². The number of aliphatic hydroxyl groups excluding tert-OH is 1. The molecule has 1 aromatic heterocycles. The molecule has 1 N–H and O–H groups in total. The summed E-state index contributed by atoms with van der Waals surface area (Å²) in [5.74, 6) is -1.35. The summed E-state index contributed by atoms with van der Waals surface area (Å²) in [6, 6.07) is 2.75. The van der Waals surface area contributed by atoms with E-state index in [1.165, 1.54) is 6.20 Å². The van der Waals surface area contributed by atoms with Gasteiger partial charge in [0.05, 0.1) is 23.8 Å². The van der Waals surface area contributed by atoms with Gasteiger partial charge in [-0.3, -0.25) is 0 Å². The highest BCUT2D eigenvalue weighted by atomic mass is 19.4. The van der Waals surface area contributed by atoms with Crippen molar-refractivity contribution in [2.24, 2.45) is 0 Å². The lowest BCUT2D eigenvalue weighted by atomic mass is 10.0. The number of imidazole rings is 1. The molecule has 0 saturated heterocycles. The fraction of sp³-hybridized carbons (Fsp3) is 0.357. The van der Waals surface area contributed by atoms with E-state index in [9.17, 15) is 22.7 Å². The van der Waals surface area contributed by atoms with E-state index in [-0.39, 0.29) is 11.6 Å². The second-order valence-corrected chi connectivity index (χ2v) is 5.10. The maximum Gasteiger partial charge on any atom is 0.419 e.